The van der Waals surface area contributed by atoms with Crippen molar-refractivity contribution in [2.75, 3.05) is 13.7 Å². The van der Waals surface area contributed by atoms with Gasteiger partial charge in [-0.3, -0.25) is 9.69 Å². The van der Waals surface area contributed by atoms with Crippen LogP contribution in [-0.4, -0.2) is 40.5 Å². The van der Waals surface area contributed by atoms with Gasteiger partial charge in [0.25, 0.3) is 0 Å². The van der Waals surface area contributed by atoms with Gasteiger partial charge >= 0.3 is 6.03 Å². The van der Waals surface area contributed by atoms with E-state index in [-0.39, 0.29) is 38.6 Å². The molecule has 2 heterocycles. The molecule has 0 spiro atoms. The van der Waals surface area contributed by atoms with Crippen molar-refractivity contribution in [3.63, 3.8) is 0 Å². The molecule has 1 aromatic carbocycles. The van der Waals surface area contributed by atoms with Crippen LogP contribution in [0.1, 0.15) is 23.2 Å². The molecular formula is C17H17F2N3O4. The Labute approximate surface area is 148 Å². The molecule has 1 aromatic heterocycles. The fraction of sp³-hybridized carbons (Fsp3) is 0.353. The van der Waals surface area contributed by atoms with E-state index in [2.05, 4.69) is 5.16 Å². The second-order valence-electron chi connectivity index (χ2n) is 5.90. The Morgan fingerprint density at radius 1 is 1.23 bits per heavy atom. The van der Waals surface area contributed by atoms with Gasteiger partial charge < -0.3 is 14.2 Å². The summed E-state index contributed by atoms with van der Waals surface area (Å²) in [5, 5.41) is 3.79. The summed E-state index contributed by atoms with van der Waals surface area (Å²) in [7, 11) is 1.50. The van der Waals surface area contributed by atoms with Crippen LogP contribution in [0.3, 0.4) is 0 Å². The lowest BCUT2D eigenvalue weighted by atomic mass is 10.1. The van der Waals surface area contributed by atoms with Crippen molar-refractivity contribution in [3.8, 4) is 0 Å². The zero-order valence-electron chi connectivity index (χ0n) is 14.1. The van der Waals surface area contributed by atoms with Gasteiger partial charge in [-0.2, -0.15) is 0 Å². The molecule has 0 bridgehead atoms. The lowest BCUT2D eigenvalue weighted by Gasteiger charge is -2.34. The molecule has 9 heteroatoms. The highest BCUT2D eigenvalue weighted by atomic mass is 19.2. The molecule has 1 aliphatic rings. The smallest absolute Gasteiger partial charge is 0.327 e. The minimum atomic E-state index is -0.978. The van der Waals surface area contributed by atoms with Crippen LogP contribution in [0, 0.1) is 11.6 Å². The van der Waals surface area contributed by atoms with Crippen LogP contribution < -0.4 is 0 Å². The minimum absolute atomic E-state index is 0.00807. The summed E-state index contributed by atoms with van der Waals surface area (Å²) in [6.07, 6.45) is 1.50. The average molecular weight is 365 g/mol. The largest absolute Gasteiger partial charge is 0.378 e. The van der Waals surface area contributed by atoms with Crippen LogP contribution in [-0.2, 0) is 29.2 Å². The van der Waals surface area contributed by atoms with E-state index in [0.717, 1.165) is 17.0 Å². The Hall–Kier alpha value is -2.81. The number of carbonyl (C=O) groups excluding carboxylic acids is 2. The quantitative estimate of drug-likeness (QED) is 0.786. The summed E-state index contributed by atoms with van der Waals surface area (Å²) in [5.41, 5.74) is 1.52. The van der Waals surface area contributed by atoms with Gasteiger partial charge in [-0.05, 0) is 17.7 Å². The van der Waals surface area contributed by atoms with Gasteiger partial charge in [-0.25, -0.2) is 13.6 Å². The third-order valence-corrected chi connectivity index (χ3v) is 4.09. The molecule has 26 heavy (non-hydrogen) atoms. The standard InChI is InChI=1S/C17H17F2N3O4/c1-25-10-15-12(9-26-20-15)8-22-16(23)4-5-21(17(22)24)7-11-2-3-13(18)14(19)6-11/h2-3,6,9H,4-5,7-8,10H2,1H3. The van der Waals surface area contributed by atoms with E-state index in [4.69, 9.17) is 9.26 Å². The van der Waals surface area contributed by atoms with E-state index in [9.17, 15) is 18.4 Å². The number of halogens is 2. The van der Waals surface area contributed by atoms with Crippen LogP contribution in [0.4, 0.5) is 13.6 Å². The molecule has 1 fully saturated rings. The third kappa shape index (κ3) is 3.72. The summed E-state index contributed by atoms with van der Waals surface area (Å²) in [6.45, 7) is 0.491. The van der Waals surface area contributed by atoms with Crippen molar-refractivity contribution in [2.24, 2.45) is 0 Å². The van der Waals surface area contributed by atoms with E-state index >= 15 is 0 Å². The van der Waals surface area contributed by atoms with Crippen molar-refractivity contribution in [3.05, 3.63) is 52.9 Å². The highest BCUT2D eigenvalue weighted by molar-refractivity contribution is 5.96. The number of benzene rings is 1. The van der Waals surface area contributed by atoms with Gasteiger partial charge in [0.1, 0.15) is 12.0 Å². The molecule has 0 saturated carbocycles. The number of nitrogens with zero attached hydrogens (tertiary/aromatic N) is 3. The number of hydrogen-bond acceptors (Lipinski definition) is 5. The number of hydrogen-bond donors (Lipinski definition) is 0. The van der Waals surface area contributed by atoms with E-state index < -0.39 is 17.7 Å². The minimum Gasteiger partial charge on any atom is -0.378 e. The van der Waals surface area contributed by atoms with Crippen LogP contribution in [0.25, 0.3) is 0 Å². The van der Waals surface area contributed by atoms with Gasteiger partial charge in [-0.15, -0.1) is 0 Å². The van der Waals surface area contributed by atoms with Crippen molar-refractivity contribution < 1.29 is 27.6 Å². The predicted molar refractivity (Wildman–Crippen MR) is 84.5 cm³/mol. The van der Waals surface area contributed by atoms with E-state index in [0.29, 0.717) is 16.8 Å². The Bertz CT molecular complexity index is 824. The molecule has 0 radical (unpaired) electrons. The second-order valence-corrected chi connectivity index (χ2v) is 5.90. The summed E-state index contributed by atoms with van der Waals surface area (Å²) in [6, 6.07) is 2.95. The topological polar surface area (TPSA) is 75.9 Å². The first-order valence-electron chi connectivity index (χ1n) is 7.94. The van der Waals surface area contributed by atoms with Crippen molar-refractivity contribution in [2.45, 2.75) is 26.1 Å². The summed E-state index contributed by atoms with van der Waals surface area (Å²) in [4.78, 5) is 27.4. The zero-order valence-corrected chi connectivity index (χ0v) is 14.1. The number of amides is 3. The van der Waals surface area contributed by atoms with Crippen molar-refractivity contribution >= 4 is 11.9 Å². The maximum absolute atomic E-state index is 13.4. The molecule has 138 valence electrons. The number of methoxy groups -OCH3 is 1. The predicted octanol–water partition coefficient (Wildman–Crippen LogP) is 2.45. The lowest BCUT2D eigenvalue weighted by Crippen LogP contribution is -2.51. The molecule has 0 unspecified atom stereocenters. The SMILES string of the molecule is COCc1nocc1CN1C(=O)CCN(Cc2ccc(F)c(F)c2)C1=O. The Balaban J connectivity index is 1.74. The Kier molecular flexibility index (Phi) is 5.27. The molecule has 3 amide bonds. The molecule has 2 aromatic rings. The summed E-state index contributed by atoms with van der Waals surface area (Å²) < 4.78 is 36.3. The average Bonchev–Trinajstić information content (AvgIpc) is 3.05. The van der Waals surface area contributed by atoms with Crippen LogP contribution in [0.5, 0.6) is 0 Å². The van der Waals surface area contributed by atoms with E-state index in [1.165, 1.54) is 24.3 Å². The normalized spacial score (nSPS) is 15.0. The maximum atomic E-state index is 13.4. The van der Waals surface area contributed by atoms with Gasteiger partial charge in [0.15, 0.2) is 11.6 Å². The third-order valence-electron chi connectivity index (χ3n) is 4.09. The van der Waals surface area contributed by atoms with Crippen LogP contribution >= 0.6 is 0 Å². The Morgan fingerprint density at radius 3 is 2.77 bits per heavy atom. The molecular weight excluding hydrogens is 348 g/mol. The summed E-state index contributed by atoms with van der Waals surface area (Å²) >= 11 is 0. The number of urea groups is 1. The maximum Gasteiger partial charge on any atom is 0.327 e. The fourth-order valence-electron chi connectivity index (χ4n) is 2.73. The first-order valence-corrected chi connectivity index (χ1v) is 7.94. The molecule has 7 nitrogen and oxygen atoms in total. The molecule has 0 atom stereocenters. The Morgan fingerprint density at radius 2 is 2.04 bits per heavy atom. The van der Waals surface area contributed by atoms with Gasteiger partial charge in [-0.1, -0.05) is 11.2 Å². The monoisotopic (exact) mass is 365 g/mol. The fourth-order valence-corrected chi connectivity index (χ4v) is 2.73. The molecule has 0 N–H and O–H groups in total. The molecule has 1 aliphatic heterocycles. The molecule has 1 saturated heterocycles. The van der Waals surface area contributed by atoms with E-state index in [1.807, 2.05) is 0 Å². The molecule has 0 aliphatic carbocycles. The van der Waals surface area contributed by atoms with Gasteiger partial charge in [0.05, 0.1) is 13.2 Å². The summed E-state index contributed by atoms with van der Waals surface area (Å²) in [5.74, 6) is -2.25. The highest BCUT2D eigenvalue weighted by Gasteiger charge is 2.33. The van der Waals surface area contributed by atoms with Gasteiger partial charge in [0, 0.05) is 32.2 Å². The van der Waals surface area contributed by atoms with Crippen LogP contribution in [0.2, 0.25) is 0 Å². The lowest BCUT2D eigenvalue weighted by molar-refractivity contribution is -0.131. The number of imide groups is 1. The number of rotatable bonds is 6. The van der Waals surface area contributed by atoms with Crippen molar-refractivity contribution in [1.29, 1.82) is 0 Å². The van der Waals surface area contributed by atoms with Crippen LogP contribution in [0.15, 0.2) is 29.0 Å². The second kappa shape index (κ2) is 7.61. The first kappa shape index (κ1) is 18.0. The number of carbonyl (C=O) groups is 2. The molecule has 3 rings (SSSR count). The number of aromatic nitrogens is 1. The van der Waals surface area contributed by atoms with E-state index in [1.54, 1.807) is 0 Å². The first-order chi connectivity index (χ1) is 12.5. The van der Waals surface area contributed by atoms with Crippen molar-refractivity contribution in [1.82, 2.24) is 15.0 Å². The zero-order chi connectivity index (χ0) is 18.7. The number of ether oxygens (including phenoxy) is 1. The highest BCUT2D eigenvalue weighted by Crippen LogP contribution is 2.20. The van der Waals surface area contributed by atoms with Gasteiger partial charge in [0.2, 0.25) is 5.91 Å².